The first-order chi connectivity index (χ1) is 12.6. The molecule has 3 aromatic rings. The van der Waals surface area contributed by atoms with E-state index in [0.29, 0.717) is 0 Å². The standard InChI is InChI=1S/C20H20FN3OS/c1-13-2-5-16(6-3-13)22-19(25)14-8-10-24(11-9-14)20-23-17-7-4-15(21)12-18(17)26-20/h2-7,12,14H,8-11H2,1H3,(H,22,25). The molecule has 4 nitrogen and oxygen atoms in total. The van der Waals surface area contributed by atoms with Crippen molar-refractivity contribution in [3.8, 4) is 0 Å². The Balaban J connectivity index is 1.38. The monoisotopic (exact) mass is 369 g/mol. The van der Waals surface area contributed by atoms with Gasteiger partial charge in [-0.25, -0.2) is 9.37 Å². The lowest BCUT2D eigenvalue weighted by Crippen LogP contribution is -2.38. The fourth-order valence-electron chi connectivity index (χ4n) is 3.24. The Labute approximate surface area is 155 Å². The first kappa shape index (κ1) is 17.0. The summed E-state index contributed by atoms with van der Waals surface area (Å²) in [5, 5.41) is 3.91. The van der Waals surface area contributed by atoms with E-state index in [1.165, 1.54) is 29.0 Å². The first-order valence-corrected chi connectivity index (χ1v) is 9.59. The number of hydrogen-bond acceptors (Lipinski definition) is 4. The highest BCUT2D eigenvalue weighted by molar-refractivity contribution is 7.22. The summed E-state index contributed by atoms with van der Waals surface area (Å²) in [7, 11) is 0. The molecule has 2 aromatic carbocycles. The minimum absolute atomic E-state index is 0.0133. The predicted molar refractivity (Wildman–Crippen MR) is 104 cm³/mol. The Bertz CT molecular complexity index is 930. The first-order valence-electron chi connectivity index (χ1n) is 8.77. The van der Waals surface area contributed by atoms with E-state index < -0.39 is 0 Å². The molecule has 1 saturated heterocycles. The molecule has 2 heterocycles. The topological polar surface area (TPSA) is 45.2 Å². The van der Waals surface area contributed by atoms with Gasteiger partial charge in [0.15, 0.2) is 5.13 Å². The number of anilines is 2. The SMILES string of the molecule is Cc1ccc(NC(=O)C2CCN(c3nc4ccc(F)cc4s3)CC2)cc1. The van der Waals surface area contributed by atoms with E-state index in [4.69, 9.17) is 0 Å². The lowest BCUT2D eigenvalue weighted by molar-refractivity contribution is -0.120. The molecule has 134 valence electrons. The van der Waals surface area contributed by atoms with Crippen molar-refractivity contribution in [1.82, 2.24) is 4.98 Å². The molecule has 1 N–H and O–H groups in total. The molecule has 0 atom stereocenters. The van der Waals surface area contributed by atoms with E-state index in [9.17, 15) is 9.18 Å². The zero-order valence-electron chi connectivity index (χ0n) is 14.5. The third-order valence-electron chi connectivity index (χ3n) is 4.79. The average molecular weight is 369 g/mol. The number of thiazole rings is 1. The van der Waals surface area contributed by atoms with E-state index in [1.54, 1.807) is 6.07 Å². The zero-order valence-corrected chi connectivity index (χ0v) is 15.4. The van der Waals surface area contributed by atoms with Crippen molar-refractivity contribution < 1.29 is 9.18 Å². The Morgan fingerprint density at radius 3 is 2.65 bits per heavy atom. The van der Waals surface area contributed by atoms with Crippen LogP contribution in [0.1, 0.15) is 18.4 Å². The number of aromatic nitrogens is 1. The summed E-state index contributed by atoms with van der Waals surface area (Å²) in [6.45, 7) is 3.60. The summed E-state index contributed by atoms with van der Waals surface area (Å²) < 4.78 is 14.2. The molecule has 1 aliphatic rings. The van der Waals surface area contributed by atoms with Gasteiger partial charge in [-0.15, -0.1) is 0 Å². The van der Waals surface area contributed by atoms with Crippen LogP contribution < -0.4 is 10.2 Å². The normalized spacial score (nSPS) is 15.4. The molecule has 0 bridgehead atoms. The Hall–Kier alpha value is -2.47. The van der Waals surface area contributed by atoms with E-state index in [0.717, 1.165) is 47.0 Å². The number of halogens is 1. The molecule has 1 fully saturated rings. The van der Waals surface area contributed by atoms with Gasteiger partial charge in [0, 0.05) is 24.7 Å². The van der Waals surface area contributed by atoms with Crippen molar-refractivity contribution in [1.29, 1.82) is 0 Å². The minimum Gasteiger partial charge on any atom is -0.348 e. The molecule has 1 aromatic heterocycles. The van der Waals surface area contributed by atoms with Crippen LogP contribution in [0, 0.1) is 18.7 Å². The van der Waals surface area contributed by atoms with Crippen LogP contribution in [-0.2, 0) is 4.79 Å². The second kappa shape index (κ2) is 7.03. The highest BCUT2D eigenvalue weighted by Gasteiger charge is 2.26. The number of aryl methyl sites for hydroxylation is 1. The quantitative estimate of drug-likeness (QED) is 0.734. The van der Waals surface area contributed by atoms with E-state index >= 15 is 0 Å². The van der Waals surface area contributed by atoms with Crippen molar-refractivity contribution in [2.24, 2.45) is 5.92 Å². The van der Waals surface area contributed by atoms with Crippen LogP contribution in [0.3, 0.4) is 0 Å². The van der Waals surface area contributed by atoms with Crippen molar-refractivity contribution in [2.75, 3.05) is 23.3 Å². The van der Waals surface area contributed by atoms with Crippen molar-refractivity contribution >= 4 is 38.3 Å². The molecular weight excluding hydrogens is 349 g/mol. The van der Waals surface area contributed by atoms with Crippen LogP contribution in [0.2, 0.25) is 0 Å². The molecule has 0 aliphatic carbocycles. The molecule has 1 aliphatic heterocycles. The summed E-state index contributed by atoms with van der Waals surface area (Å²) in [6, 6.07) is 12.5. The van der Waals surface area contributed by atoms with E-state index in [1.807, 2.05) is 31.2 Å². The summed E-state index contributed by atoms with van der Waals surface area (Å²) in [6.07, 6.45) is 1.59. The average Bonchev–Trinajstić information content (AvgIpc) is 3.07. The van der Waals surface area contributed by atoms with Crippen molar-refractivity contribution in [2.45, 2.75) is 19.8 Å². The van der Waals surface area contributed by atoms with Gasteiger partial charge in [0.25, 0.3) is 0 Å². The maximum Gasteiger partial charge on any atom is 0.227 e. The van der Waals surface area contributed by atoms with Gasteiger partial charge in [-0.05, 0) is 50.1 Å². The number of benzene rings is 2. The van der Waals surface area contributed by atoms with Crippen LogP contribution in [0.25, 0.3) is 10.2 Å². The number of carbonyl (C=O) groups excluding carboxylic acids is 1. The molecule has 0 unspecified atom stereocenters. The van der Waals surface area contributed by atoms with Gasteiger partial charge in [-0.1, -0.05) is 29.0 Å². The molecule has 0 radical (unpaired) electrons. The number of nitrogens with zero attached hydrogens (tertiary/aromatic N) is 2. The molecule has 1 amide bonds. The fraction of sp³-hybridized carbons (Fsp3) is 0.300. The molecule has 4 rings (SSSR count). The number of hydrogen-bond donors (Lipinski definition) is 1. The van der Waals surface area contributed by atoms with Crippen molar-refractivity contribution in [3.63, 3.8) is 0 Å². The van der Waals surface area contributed by atoms with Crippen LogP contribution in [0.4, 0.5) is 15.2 Å². The fourth-order valence-corrected chi connectivity index (χ4v) is 4.28. The minimum atomic E-state index is -0.237. The van der Waals surface area contributed by atoms with Gasteiger partial charge in [0.05, 0.1) is 10.2 Å². The predicted octanol–water partition coefficient (Wildman–Crippen LogP) is 4.60. The molecule has 0 saturated carbocycles. The molecule has 6 heteroatoms. The smallest absolute Gasteiger partial charge is 0.227 e. The number of amides is 1. The number of carbonyl (C=O) groups is 1. The van der Waals surface area contributed by atoms with Crippen LogP contribution >= 0.6 is 11.3 Å². The highest BCUT2D eigenvalue weighted by Crippen LogP contribution is 2.32. The van der Waals surface area contributed by atoms with Crippen LogP contribution in [0.15, 0.2) is 42.5 Å². The lowest BCUT2D eigenvalue weighted by atomic mass is 9.96. The van der Waals surface area contributed by atoms with Crippen LogP contribution in [-0.4, -0.2) is 24.0 Å². The summed E-state index contributed by atoms with van der Waals surface area (Å²) in [4.78, 5) is 19.3. The summed E-state index contributed by atoms with van der Waals surface area (Å²) >= 11 is 1.51. The third-order valence-corrected chi connectivity index (χ3v) is 5.87. The zero-order chi connectivity index (χ0) is 18.1. The molecule has 0 spiro atoms. The maximum atomic E-state index is 13.4. The lowest BCUT2D eigenvalue weighted by Gasteiger charge is -2.31. The number of fused-ring (bicyclic) bond motifs is 1. The van der Waals surface area contributed by atoms with Gasteiger partial charge < -0.3 is 10.2 Å². The van der Waals surface area contributed by atoms with Gasteiger partial charge in [-0.3, -0.25) is 4.79 Å². The summed E-state index contributed by atoms with van der Waals surface area (Å²) in [5.41, 5.74) is 2.84. The van der Waals surface area contributed by atoms with Crippen molar-refractivity contribution in [3.05, 3.63) is 53.8 Å². The van der Waals surface area contributed by atoms with Gasteiger partial charge in [-0.2, -0.15) is 0 Å². The van der Waals surface area contributed by atoms with Crippen LogP contribution in [0.5, 0.6) is 0 Å². The maximum absolute atomic E-state index is 13.4. The second-order valence-electron chi connectivity index (χ2n) is 6.73. The Morgan fingerprint density at radius 1 is 1.19 bits per heavy atom. The molecule has 26 heavy (non-hydrogen) atoms. The Morgan fingerprint density at radius 2 is 1.92 bits per heavy atom. The largest absolute Gasteiger partial charge is 0.348 e. The Kier molecular flexibility index (Phi) is 4.59. The van der Waals surface area contributed by atoms with Gasteiger partial charge >= 0.3 is 0 Å². The van der Waals surface area contributed by atoms with E-state index in [-0.39, 0.29) is 17.6 Å². The number of nitrogens with one attached hydrogen (secondary N) is 1. The third kappa shape index (κ3) is 3.55. The van der Waals surface area contributed by atoms with Gasteiger partial charge in [0.2, 0.25) is 5.91 Å². The summed E-state index contributed by atoms with van der Waals surface area (Å²) in [5.74, 6) is -0.140. The second-order valence-corrected chi connectivity index (χ2v) is 7.73. The van der Waals surface area contributed by atoms with Gasteiger partial charge in [0.1, 0.15) is 5.82 Å². The number of rotatable bonds is 3. The highest BCUT2D eigenvalue weighted by atomic mass is 32.1. The number of piperidine rings is 1. The molecular formula is C20H20FN3OS. The van der Waals surface area contributed by atoms with E-state index in [2.05, 4.69) is 15.2 Å².